The zero-order chi connectivity index (χ0) is 16.0. The third kappa shape index (κ3) is 4.91. The van der Waals surface area contributed by atoms with Gasteiger partial charge in [0.1, 0.15) is 5.75 Å². The van der Waals surface area contributed by atoms with Crippen molar-refractivity contribution < 1.29 is 13.2 Å². The van der Waals surface area contributed by atoms with Crippen LogP contribution in [0.15, 0.2) is 24.3 Å². The standard InChI is InChI=1S/C15H23N3O3S/c1-2-16-15(19)12-22(20,21)17-13-6-8-14(9-7-13)18-10-4-3-5-11-18/h6-9,17H,2-5,10-12H2,1H3,(H,16,19). The van der Waals surface area contributed by atoms with E-state index in [1.807, 2.05) is 12.1 Å². The van der Waals surface area contributed by atoms with Crippen molar-refractivity contribution in [3.63, 3.8) is 0 Å². The molecular formula is C15H23N3O3S. The quantitative estimate of drug-likeness (QED) is 0.832. The topological polar surface area (TPSA) is 78.5 Å². The molecule has 0 unspecified atom stereocenters. The van der Waals surface area contributed by atoms with E-state index >= 15 is 0 Å². The number of piperidine rings is 1. The van der Waals surface area contributed by atoms with Crippen LogP contribution in [0.2, 0.25) is 0 Å². The Labute approximate surface area is 131 Å². The number of nitrogens with one attached hydrogen (secondary N) is 2. The first-order valence-electron chi connectivity index (χ1n) is 7.62. The lowest BCUT2D eigenvalue weighted by Gasteiger charge is -2.28. The van der Waals surface area contributed by atoms with E-state index in [4.69, 9.17) is 0 Å². The van der Waals surface area contributed by atoms with Crippen molar-refractivity contribution in [3.8, 4) is 0 Å². The summed E-state index contributed by atoms with van der Waals surface area (Å²) in [6.07, 6.45) is 3.66. The van der Waals surface area contributed by atoms with Gasteiger partial charge in [-0.1, -0.05) is 0 Å². The summed E-state index contributed by atoms with van der Waals surface area (Å²) < 4.78 is 26.2. The number of hydrogen-bond donors (Lipinski definition) is 2. The molecule has 1 aliphatic rings. The largest absolute Gasteiger partial charge is 0.372 e. The van der Waals surface area contributed by atoms with Gasteiger partial charge in [-0.2, -0.15) is 0 Å². The SMILES string of the molecule is CCNC(=O)CS(=O)(=O)Nc1ccc(N2CCCCC2)cc1. The van der Waals surface area contributed by atoms with Crippen LogP contribution in [0.3, 0.4) is 0 Å². The number of nitrogens with zero attached hydrogens (tertiary/aromatic N) is 1. The lowest BCUT2D eigenvalue weighted by atomic mass is 10.1. The number of benzene rings is 1. The molecular weight excluding hydrogens is 302 g/mol. The number of carbonyl (C=O) groups is 1. The van der Waals surface area contributed by atoms with Crippen LogP contribution < -0.4 is 14.9 Å². The van der Waals surface area contributed by atoms with Gasteiger partial charge in [0.2, 0.25) is 15.9 Å². The molecule has 1 heterocycles. The Morgan fingerprint density at radius 2 is 1.77 bits per heavy atom. The minimum atomic E-state index is -3.67. The van der Waals surface area contributed by atoms with Crippen LogP contribution in [-0.4, -0.2) is 39.7 Å². The number of rotatable bonds is 6. The Morgan fingerprint density at radius 3 is 2.36 bits per heavy atom. The number of anilines is 2. The molecule has 0 spiro atoms. The molecule has 0 saturated carbocycles. The summed E-state index contributed by atoms with van der Waals surface area (Å²) in [5.74, 6) is -1.06. The van der Waals surface area contributed by atoms with Crippen LogP contribution in [0.1, 0.15) is 26.2 Å². The first-order valence-corrected chi connectivity index (χ1v) is 9.27. The highest BCUT2D eigenvalue weighted by Gasteiger charge is 2.16. The predicted molar refractivity (Wildman–Crippen MR) is 88.6 cm³/mol. The summed E-state index contributed by atoms with van der Waals surface area (Å²) in [7, 11) is -3.67. The van der Waals surface area contributed by atoms with Gasteiger partial charge in [0.05, 0.1) is 0 Å². The fourth-order valence-corrected chi connectivity index (χ4v) is 3.54. The van der Waals surface area contributed by atoms with E-state index in [1.54, 1.807) is 19.1 Å². The van der Waals surface area contributed by atoms with Gasteiger partial charge in [-0.25, -0.2) is 8.42 Å². The normalized spacial score (nSPS) is 15.4. The van der Waals surface area contributed by atoms with E-state index in [0.717, 1.165) is 18.8 Å². The molecule has 1 amide bonds. The molecule has 22 heavy (non-hydrogen) atoms. The summed E-state index contributed by atoms with van der Waals surface area (Å²) in [5, 5.41) is 2.47. The molecule has 1 aromatic carbocycles. The molecule has 122 valence electrons. The molecule has 0 aliphatic carbocycles. The van der Waals surface area contributed by atoms with E-state index < -0.39 is 21.7 Å². The van der Waals surface area contributed by atoms with E-state index in [9.17, 15) is 13.2 Å². The zero-order valence-corrected chi connectivity index (χ0v) is 13.7. The number of amides is 1. The van der Waals surface area contributed by atoms with Gasteiger partial charge in [-0.05, 0) is 50.5 Å². The maximum absolute atomic E-state index is 11.9. The minimum absolute atomic E-state index is 0.416. The summed E-state index contributed by atoms with van der Waals surface area (Å²) in [6.45, 7) is 4.25. The van der Waals surface area contributed by atoms with Crippen molar-refractivity contribution in [1.82, 2.24) is 5.32 Å². The van der Waals surface area contributed by atoms with Crippen LogP contribution >= 0.6 is 0 Å². The van der Waals surface area contributed by atoms with Crippen molar-refractivity contribution in [2.24, 2.45) is 0 Å². The Morgan fingerprint density at radius 1 is 1.14 bits per heavy atom. The van der Waals surface area contributed by atoms with Gasteiger partial charge in [0, 0.05) is 31.0 Å². The fraction of sp³-hybridized carbons (Fsp3) is 0.533. The maximum atomic E-state index is 11.9. The molecule has 2 rings (SSSR count). The summed E-state index contributed by atoms with van der Waals surface area (Å²) in [4.78, 5) is 13.7. The van der Waals surface area contributed by atoms with Crippen LogP contribution in [0.25, 0.3) is 0 Å². The smallest absolute Gasteiger partial charge is 0.241 e. The molecule has 1 fully saturated rings. The molecule has 1 aliphatic heterocycles. The van der Waals surface area contributed by atoms with Crippen LogP contribution in [0, 0.1) is 0 Å². The van der Waals surface area contributed by atoms with Crippen molar-refractivity contribution >= 4 is 27.3 Å². The van der Waals surface area contributed by atoms with Crippen molar-refractivity contribution in [2.45, 2.75) is 26.2 Å². The molecule has 1 saturated heterocycles. The first kappa shape index (κ1) is 16.6. The number of carbonyl (C=O) groups excluding carboxylic acids is 1. The van der Waals surface area contributed by atoms with Gasteiger partial charge < -0.3 is 10.2 Å². The second kappa shape index (κ2) is 7.49. The maximum Gasteiger partial charge on any atom is 0.241 e. The molecule has 0 bridgehead atoms. The van der Waals surface area contributed by atoms with Crippen LogP contribution in [-0.2, 0) is 14.8 Å². The summed E-state index contributed by atoms with van der Waals surface area (Å²) in [6, 6.07) is 7.29. The second-order valence-corrected chi connectivity index (χ2v) is 7.13. The van der Waals surface area contributed by atoms with Crippen molar-refractivity contribution in [2.75, 3.05) is 35.0 Å². The predicted octanol–water partition coefficient (Wildman–Crippen LogP) is 1.55. The number of hydrogen-bond acceptors (Lipinski definition) is 4. The monoisotopic (exact) mass is 325 g/mol. The minimum Gasteiger partial charge on any atom is -0.372 e. The Balaban J connectivity index is 1.96. The third-order valence-electron chi connectivity index (χ3n) is 3.56. The molecule has 0 radical (unpaired) electrons. The van der Waals surface area contributed by atoms with Crippen molar-refractivity contribution in [1.29, 1.82) is 0 Å². The zero-order valence-electron chi connectivity index (χ0n) is 12.8. The lowest BCUT2D eigenvalue weighted by molar-refractivity contribution is -0.118. The molecule has 0 atom stereocenters. The molecule has 6 nitrogen and oxygen atoms in total. The van der Waals surface area contributed by atoms with Crippen LogP contribution in [0.4, 0.5) is 11.4 Å². The van der Waals surface area contributed by atoms with Crippen LogP contribution in [0.5, 0.6) is 0 Å². The lowest BCUT2D eigenvalue weighted by Crippen LogP contribution is -2.32. The van der Waals surface area contributed by atoms with Gasteiger partial charge in [-0.3, -0.25) is 9.52 Å². The highest BCUT2D eigenvalue weighted by Crippen LogP contribution is 2.22. The van der Waals surface area contributed by atoms with Gasteiger partial charge in [0.15, 0.2) is 0 Å². The van der Waals surface area contributed by atoms with Crippen molar-refractivity contribution in [3.05, 3.63) is 24.3 Å². The average molecular weight is 325 g/mol. The van der Waals surface area contributed by atoms with E-state index in [-0.39, 0.29) is 0 Å². The van der Waals surface area contributed by atoms with E-state index in [1.165, 1.54) is 19.3 Å². The summed E-state index contributed by atoms with van der Waals surface area (Å²) in [5.41, 5.74) is 1.58. The highest BCUT2D eigenvalue weighted by molar-refractivity contribution is 7.93. The van der Waals surface area contributed by atoms with E-state index in [2.05, 4.69) is 14.9 Å². The highest BCUT2D eigenvalue weighted by atomic mass is 32.2. The molecule has 2 N–H and O–H groups in total. The number of sulfonamides is 1. The molecule has 7 heteroatoms. The fourth-order valence-electron chi connectivity index (χ4n) is 2.53. The molecule has 1 aromatic rings. The first-order chi connectivity index (χ1) is 10.5. The van der Waals surface area contributed by atoms with Gasteiger partial charge >= 0.3 is 0 Å². The average Bonchev–Trinajstić information content (AvgIpc) is 2.48. The molecule has 0 aromatic heterocycles. The van der Waals surface area contributed by atoms with E-state index in [0.29, 0.717) is 12.2 Å². The Kier molecular flexibility index (Phi) is 5.65. The third-order valence-corrected chi connectivity index (χ3v) is 4.75. The summed E-state index contributed by atoms with van der Waals surface area (Å²) >= 11 is 0. The second-order valence-electron chi connectivity index (χ2n) is 5.41. The van der Waals surface area contributed by atoms with Gasteiger partial charge in [0.25, 0.3) is 0 Å². The Bertz CT molecular complexity index is 593. The Hall–Kier alpha value is -1.76. The van der Waals surface area contributed by atoms with Gasteiger partial charge in [-0.15, -0.1) is 0 Å².